The van der Waals surface area contributed by atoms with Gasteiger partial charge in [-0.2, -0.15) is 11.3 Å². The van der Waals surface area contributed by atoms with Gasteiger partial charge < -0.3 is 19.7 Å². The molecule has 0 saturated carbocycles. The number of hydrogen-bond donors (Lipinski definition) is 1. The van der Waals surface area contributed by atoms with Crippen molar-refractivity contribution in [3.8, 4) is 11.5 Å². The number of methoxy groups -OCH3 is 2. The highest BCUT2D eigenvalue weighted by Gasteiger charge is 2.21. The molecule has 29 heavy (non-hydrogen) atoms. The van der Waals surface area contributed by atoms with E-state index in [4.69, 9.17) is 9.47 Å². The Morgan fingerprint density at radius 3 is 2.48 bits per heavy atom. The van der Waals surface area contributed by atoms with Gasteiger partial charge in [0.15, 0.2) is 11.5 Å². The number of nitrogens with one attached hydrogen (secondary N) is 1. The fourth-order valence-electron chi connectivity index (χ4n) is 3.32. The number of hydrogen-bond acceptors (Lipinski definition) is 6. The molecule has 3 rings (SSSR count). The Hall–Kier alpha value is -2.58. The number of ether oxygens (including phenoxy) is 2. The van der Waals surface area contributed by atoms with E-state index in [-0.39, 0.29) is 11.8 Å². The van der Waals surface area contributed by atoms with Gasteiger partial charge in [0.1, 0.15) is 0 Å². The highest BCUT2D eigenvalue weighted by molar-refractivity contribution is 7.08. The molecule has 2 amide bonds. The van der Waals surface area contributed by atoms with E-state index in [0.717, 1.165) is 25.2 Å². The summed E-state index contributed by atoms with van der Waals surface area (Å²) in [5, 5.41) is 6.68. The summed E-state index contributed by atoms with van der Waals surface area (Å²) >= 11 is 1.51. The van der Waals surface area contributed by atoms with Crippen LogP contribution in [-0.4, -0.2) is 75.1 Å². The lowest BCUT2D eigenvalue weighted by atomic mass is 10.1. The second-order valence-electron chi connectivity index (χ2n) is 6.86. The van der Waals surface area contributed by atoms with E-state index in [1.165, 1.54) is 11.3 Å². The Balaban J connectivity index is 1.41. The molecule has 1 N–H and O–H groups in total. The van der Waals surface area contributed by atoms with Crippen molar-refractivity contribution in [2.24, 2.45) is 0 Å². The van der Waals surface area contributed by atoms with Crippen LogP contribution >= 0.6 is 11.3 Å². The Kier molecular flexibility index (Phi) is 7.48. The summed E-state index contributed by atoms with van der Waals surface area (Å²) in [6.07, 6.45) is 0.344. The van der Waals surface area contributed by atoms with Crippen molar-refractivity contribution >= 4 is 23.2 Å². The van der Waals surface area contributed by atoms with Gasteiger partial charge in [0.05, 0.1) is 20.6 Å². The van der Waals surface area contributed by atoms with Crippen molar-refractivity contribution in [1.82, 2.24) is 15.1 Å². The van der Waals surface area contributed by atoms with Crippen molar-refractivity contribution < 1.29 is 19.1 Å². The summed E-state index contributed by atoms with van der Waals surface area (Å²) in [7, 11) is 3.18. The van der Waals surface area contributed by atoms with Gasteiger partial charge in [-0.1, -0.05) is 6.07 Å². The molecule has 1 fully saturated rings. The third-order valence-corrected chi connectivity index (χ3v) is 5.71. The number of thiophene rings is 1. The van der Waals surface area contributed by atoms with Crippen molar-refractivity contribution in [2.75, 3.05) is 53.5 Å². The normalized spacial score (nSPS) is 14.5. The molecule has 1 saturated heterocycles. The topological polar surface area (TPSA) is 71.1 Å². The number of carbonyl (C=O) groups excluding carboxylic acids is 2. The van der Waals surface area contributed by atoms with E-state index in [2.05, 4.69) is 10.2 Å². The highest BCUT2D eigenvalue weighted by Crippen LogP contribution is 2.27. The first kappa shape index (κ1) is 21.1. The average Bonchev–Trinajstić information content (AvgIpc) is 3.29. The monoisotopic (exact) mass is 417 g/mol. The van der Waals surface area contributed by atoms with E-state index >= 15 is 0 Å². The molecule has 0 radical (unpaired) electrons. The van der Waals surface area contributed by atoms with Crippen LogP contribution in [0.5, 0.6) is 11.5 Å². The lowest BCUT2D eigenvalue weighted by molar-refractivity contribution is -0.132. The van der Waals surface area contributed by atoms with Crippen molar-refractivity contribution in [1.29, 1.82) is 0 Å². The molecular formula is C21H27N3O4S. The average molecular weight is 418 g/mol. The first-order valence-electron chi connectivity index (χ1n) is 9.62. The standard InChI is InChI=1S/C21H27N3O4S/c1-27-18-4-3-16(13-19(18)28-2)14-20(25)24-10-8-23(9-11-24)7-6-22-21(26)17-5-12-29-15-17/h3-5,12-13,15H,6-11,14H2,1-2H3,(H,22,26). The van der Waals surface area contributed by atoms with Gasteiger partial charge in [-0.3, -0.25) is 14.5 Å². The zero-order chi connectivity index (χ0) is 20.6. The number of benzene rings is 1. The molecule has 0 aliphatic carbocycles. The van der Waals surface area contributed by atoms with Crippen molar-refractivity contribution in [3.05, 3.63) is 46.2 Å². The molecule has 8 heteroatoms. The van der Waals surface area contributed by atoms with E-state index in [9.17, 15) is 9.59 Å². The van der Waals surface area contributed by atoms with Gasteiger partial charge in [0.25, 0.3) is 5.91 Å². The van der Waals surface area contributed by atoms with Crippen LogP contribution in [0.2, 0.25) is 0 Å². The van der Waals surface area contributed by atoms with Crippen LogP contribution < -0.4 is 14.8 Å². The molecule has 0 unspecified atom stereocenters. The molecule has 0 atom stereocenters. The summed E-state index contributed by atoms with van der Waals surface area (Å²) < 4.78 is 10.6. The third-order valence-electron chi connectivity index (χ3n) is 5.03. The summed E-state index contributed by atoms with van der Waals surface area (Å²) in [6.45, 7) is 4.41. The summed E-state index contributed by atoms with van der Waals surface area (Å²) in [6, 6.07) is 7.39. The quantitative estimate of drug-likeness (QED) is 0.710. The lowest BCUT2D eigenvalue weighted by Gasteiger charge is -2.34. The lowest BCUT2D eigenvalue weighted by Crippen LogP contribution is -2.50. The van der Waals surface area contributed by atoms with Crippen LogP contribution in [0.25, 0.3) is 0 Å². The molecule has 1 aliphatic heterocycles. The first-order valence-corrected chi connectivity index (χ1v) is 10.6. The minimum atomic E-state index is -0.0324. The highest BCUT2D eigenvalue weighted by atomic mass is 32.1. The molecule has 2 heterocycles. The number of nitrogens with zero attached hydrogens (tertiary/aromatic N) is 2. The molecule has 1 aromatic heterocycles. The summed E-state index contributed by atoms with van der Waals surface area (Å²) in [5.41, 5.74) is 1.62. The van der Waals surface area contributed by atoms with Crippen LogP contribution in [0, 0.1) is 0 Å². The Labute approximate surface area is 175 Å². The summed E-state index contributed by atoms with van der Waals surface area (Å²) in [5.74, 6) is 1.37. The van der Waals surface area contributed by atoms with E-state index in [1.54, 1.807) is 14.2 Å². The van der Waals surface area contributed by atoms with E-state index in [0.29, 0.717) is 43.1 Å². The number of rotatable bonds is 8. The van der Waals surface area contributed by atoms with Gasteiger partial charge in [-0.25, -0.2) is 0 Å². The first-order chi connectivity index (χ1) is 14.1. The molecule has 1 aliphatic rings. The molecule has 0 bridgehead atoms. The zero-order valence-corrected chi connectivity index (χ0v) is 17.7. The Morgan fingerprint density at radius 2 is 1.83 bits per heavy atom. The van der Waals surface area contributed by atoms with Gasteiger partial charge in [-0.15, -0.1) is 0 Å². The zero-order valence-electron chi connectivity index (χ0n) is 16.8. The van der Waals surface area contributed by atoms with Crippen LogP contribution in [0.3, 0.4) is 0 Å². The van der Waals surface area contributed by atoms with Gasteiger partial charge in [0.2, 0.25) is 5.91 Å². The van der Waals surface area contributed by atoms with Crippen LogP contribution in [-0.2, 0) is 11.2 Å². The van der Waals surface area contributed by atoms with Crippen LogP contribution in [0.15, 0.2) is 35.0 Å². The minimum absolute atomic E-state index is 0.0324. The predicted molar refractivity (Wildman–Crippen MR) is 113 cm³/mol. The summed E-state index contributed by atoms with van der Waals surface area (Å²) in [4.78, 5) is 28.8. The smallest absolute Gasteiger partial charge is 0.252 e. The van der Waals surface area contributed by atoms with Crippen molar-refractivity contribution in [3.63, 3.8) is 0 Å². The van der Waals surface area contributed by atoms with Gasteiger partial charge in [0, 0.05) is 50.2 Å². The van der Waals surface area contributed by atoms with Crippen LogP contribution in [0.4, 0.5) is 0 Å². The maximum atomic E-state index is 12.6. The largest absolute Gasteiger partial charge is 0.493 e. The Morgan fingerprint density at radius 1 is 1.07 bits per heavy atom. The number of amides is 2. The van der Waals surface area contributed by atoms with Gasteiger partial charge in [-0.05, 0) is 29.1 Å². The van der Waals surface area contributed by atoms with Crippen LogP contribution in [0.1, 0.15) is 15.9 Å². The number of piperazine rings is 1. The molecule has 7 nitrogen and oxygen atoms in total. The maximum absolute atomic E-state index is 12.6. The SMILES string of the molecule is COc1ccc(CC(=O)N2CCN(CCNC(=O)c3ccsc3)CC2)cc1OC. The van der Waals surface area contributed by atoms with E-state index in [1.807, 2.05) is 39.9 Å². The van der Waals surface area contributed by atoms with E-state index < -0.39 is 0 Å². The second-order valence-corrected chi connectivity index (χ2v) is 7.64. The molecule has 156 valence electrons. The molecule has 1 aromatic carbocycles. The molecule has 0 spiro atoms. The van der Waals surface area contributed by atoms with Crippen molar-refractivity contribution in [2.45, 2.75) is 6.42 Å². The predicted octanol–water partition coefficient (Wildman–Crippen LogP) is 1.88. The maximum Gasteiger partial charge on any atom is 0.252 e. The number of carbonyl (C=O) groups is 2. The third kappa shape index (κ3) is 5.71. The minimum Gasteiger partial charge on any atom is -0.493 e. The molecule has 2 aromatic rings. The molecular weight excluding hydrogens is 390 g/mol. The Bertz CT molecular complexity index is 817. The fourth-order valence-corrected chi connectivity index (χ4v) is 3.96. The van der Waals surface area contributed by atoms with Gasteiger partial charge >= 0.3 is 0 Å². The second kappa shape index (κ2) is 10.3. The fraction of sp³-hybridized carbons (Fsp3) is 0.429.